The number of ether oxygens (including phenoxy) is 2. The minimum atomic E-state index is -0.738. The molecular formula is C30H32FN5O4. The summed E-state index contributed by atoms with van der Waals surface area (Å²) in [5, 5.41) is 2.91. The fourth-order valence-corrected chi connectivity index (χ4v) is 4.19. The highest BCUT2D eigenvalue weighted by Gasteiger charge is 2.25. The quantitative estimate of drug-likeness (QED) is 0.272. The van der Waals surface area contributed by atoms with Crippen molar-refractivity contribution < 1.29 is 23.5 Å². The molecular weight excluding hydrogens is 513 g/mol. The number of hydrogen-bond acceptors (Lipinski definition) is 6. The van der Waals surface area contributed by atoms with Crippen LogP contribution in [0.2, 0.25) is 0 Å². The lowest BCUT2D eigenvalue weighted by atomic mass is 9.99. The van der Waals surface area contributed by atoms with Crippen LogP contribution in [-0.4, -0.2) is 33.0 Å². The summed E-state index contributed by atoms with van der Waals surface area (Å²) in [6.45, 7) is 7.67. The number of carbonyl (C=O) groups excluding carboxylic acids is 2. The second kappa shape index (κ2) is 11.0. The lowest BCUT2D eigenvalue weighted by Gasteiger charge is -2.19. The zero-order valence-corrected chi connectivity index (χ0v) is 22.7. The van der Waals surface area contributed by atoms with Gasteiger partial charge in [0, 0.05) is 18.8 Å². The standard InChI is InChI=1S/C30H32FN5O4/c1-30(2,3)17-39-20-9-10-23-24(15-20)36(16-18-6-7-18)29(34-23)35-26(37)14-19-8-11-25(22(31)13-19)40-28-21(27(32)38)5-4-12-33-28/h4-5,8-13,15,18H,6-7,14,16-17H2,1-3H3,(H2,32,38)(H,34,35,37). The smallest absolute Gasteiger partial charge is 0.254 e. The van der Waals surface area contributed by atoms with Gasteiger partial charge in [-0.05, 0) is 66.1 Å². The van der Waals surface area contributed by atoms with Gasteiger partial charge in [0.15, 0.2) is 11.6 Å². The average Bonchev–Trinajstić information content (AvgIpc) is 3.66. The predicted octanol–water partition coefficient (Wildman–Crippen LogP) is 5.48. The molecule has 208 valence electrons. The molecule has 1 aliphatic carbocycles. The Morgan fingerprint density at radius 3 is 2.65 bits per heavy atom. The highest BCUT2D eigenvalue weighted by Crippen LogP contribution is 2.34. The van der Waals surface area contributed by atoms with Crippen LogP contribution in [0.25, 0.3) is 11.0 Å². The average molecular weight is 546 g/mol. The van der Waals surface area contributed by atoms with E-state index in [1.54, 1.807) is 6.07 Å². The Morgan fingerprint density at radius 2 is 1.95 bits per heavy atom. The van der Waals surface area contributed by atoms with Gasteiger partial charge in [-0.2, -0.15) is 0 Å². The number of fused-ring (bicyclic) bond motifs is 1. The molecule has 2 aromatic heterocycles. The number of anilines is 1. The molecule has 5 rings (SSSR count). The van der Waals surface area contributed by atoms with Crippen molar-refractivity contribution in [2.75, 3.05) is 11.9 Å². The van der Waals surface area contributed by atoms with Gasteiger partial charge in [0.25, 0.3) is 5.91 Å². The molecule has 0 atom stereocenters. The zero-order chi connectivity index (χ0) is 28.4. The number of aromatic nitrogens is 3. The number of halogens is 1. The van der Waals surface area contributed by atoms with Gasteiger partial charge < -0.3 is 19.8 Å². The minimum Gasteiger partial charge on any atom is -0.493 e. The van der Waals surface area contributed by atoms with Gasteiger partial charge in [0.05, 0.1) is 24.1 Å². The molecule has 1 saturated carbocycles. The van der Waals surface area contributed by atoms with Crippen LogP contribution in [0, 0.1) is 17.2 Å². The summed E-state index contributed by atoms with van der Waals surface area (Å²) in [7, 11) is 0. The fraction of sp³-hybridized carbons (Fsp3) is 0.333. The summed E-state index contributed by atoms with van der Waals surface area (Å²) in [5.41, 5.74) is 7.50. The molecule has 0 saturated heterocycles. The van der Waals surface area contributed by atoms with E-state index in [1.165, 1.54) is 30.5 Å². The van der Waals surface area contributed by atoms with E-state index in [2.05, 4.69) is 36.1 Å². The molecule has 9 nitrogen and oxygen atoms in total. The largest absolute Gasteiger partial charge is 0.493 e. The molecule has 2 heterocycles. The first-order chi connectivity index (χ1) is 19.1. The fourth-order valence-electron chi connectivity index (χ4n) is 4.19. The first kappa shape index (κ1) is 27.1. The Morgan fingerprint density at radius 1 is 1.15 bits per heavy atom. The van der Waals surface area contributed by atoms with Gasteiger partial charge in [0.1, 0.15) is 11.3 Å². The summed E-state index contributed by atoms with van der Waals surface area (Å²) in [4.78, 5) is 33.2. The highest BCUT2D eigenvalue weighted by atomic mass is 19.1. The molecule has 2 aromatic carbocycles. The molecule has 0 radical (unpaired) electrons. The SMILES string of the molecule is CC(C)(C)COc1ccc2nc(NC(=O)Cc3ccc(Oc4ncccc4C(N)=O)c(F)c3)n(CC3CC3)c2c1. The van der Waals surface area contributed by atoms with E-state index >= 15 is 0 Å². The number of primary amides is 1. The second-order valence-electron chi connectivity index (χ2n) is 11.3. The molecule has 0 aliphatic heterocycles. The molecule has 1 aliphatic rings. The van der Waals surface area contributed by atoms with Crippen molar-refractivity contribution in [3.8, 4) is 17.4 Å². The van der Waals surface area contributed by atoms with E-state index in [1.807, 2.05) is 22.8 Å². The van der Waals surface area contributed by atoms with E-state index in [0.717, 1.165) is 36.2 Å². The number of nitrogens with two attached hydrogens (primary N) is 1. The number of pyridine rings is 1. The maximum Gasteiger partial charge on any atom is 0.254 e. The lowest BCUT2D eigenvalue weighted by molar-refractivity contribution is -0.115. The molecule has 2 amide bonds. The molecule has 0 unspecified atom stereocenters. The lowest BCUT2D eigenvalue weighted by Crippen LogP contribution is -2.18. The van der Waals surface area contributed by atoms with Crippen molar-refractivity contribution in [1.82, 2.24) is 14.5 Å². The Balaban J connectivity index is 1.31. The van der Waals surface area contributed by atoms with Gasteiger partial charge in [-0.1, -0.05) is 26.8 Å². The maximum atomic E-state index is 14.8. The van der Waals surface area contributed by atoms with Crippen LogP contribution in [0.1, 0.15) is 49.5 Å². The molecule has 0 spiro atoms. The molecule has 1 fully saturated rings. The van der Waals surface area contributed by atoms with Crippen molar-refractivity contribution in [1.29, 1.82) is 0 Å². The molecule has 3 N–H and O–H groups in total. The number of hydrogen-bond donors (Lipinski definition) is 2. The minimum absolute atomic E-state index is 0.0248. The molecule has 10 heteroatoms. The van der Waals surface area contributed by atoms with Gasteiger partial charge in [-0.25, -0.2) is 14.4 Å². The number of carbonyl (C=O) groups is 2. The number of rotatable bonds is 10. The molecule has 40 heavy (non-hydrogen) atoms. The van der Waals surface area contributed by atoms with Crippen molar-refractivity contribution in [2.24, 2.45) is 17.1 Å². The monoisotopic (exact) mass is 545 g/mol. The van der Waals surface area contributed by atoms with Crippen molar-refractivity contribution in [2.45, 2.75) is 46.6 Å². The normalized spacial score (nSPS) is 13.3. The van der Waals surface area contributed by atoms with Crippen LogP contribution >= 0.6 is 0 Å². The van der Waals surface area contributed by atoms with Crippen molar-refractivity contribution in [3.63, 3.8) is 0 Å². The number of nitrogens with one attached hydrogen (secondary N) is 1. The molecule has 0 bridgehead atoms. The van der Waals surface area contributed by atoms with E-state index in [-0.39, 0.29) is 34.9 Å². The van der Waals surface area contributed by atoms with Gasteiger partial charge >= 0.3 is 0 Å². The zero-order valence-electron chi connectivity index (χ0n) is 22.7. The van der Waals surface area contributed by atoms with Crippen LogP contribution in [0.4, 0.5) is 10.3 Å². The van der Waals surface area contributed by atoms with Crippen LogP contribution in [0.5, 0.6) is 17.4 Å². The van der Waals surface area contributed by atoms with Crippen LogP contribution in [0.3, 0.4) is 0 Å². The van der Waals surface area contributed by atoms with Crippen LogP contribution in [-0.2, 0) is 17.8 Å². The summed E-state index contributed by atoms with van der Waals surface area (Å²) in [6, 6.07) is 12.9. The summed E-state index contributed by atoms with van der Waals surface area (Å²) in [5.74, 6) is -0.248. The first-order valence-corrected chi connectivity index (χ1v) is 13.2. The van der Waals surface area contributed by atoms with Crippen molar-refractivity contribution in [3.05, 3.63) is 71.7 Å². The number of nitrogens with zero attached hydrogens (tertiary/aromatic N) is 3. The van der Waals surface area contributed by atoms with Crippen LogP contribution < -0.4 is 20.5 Å². The summed E-state index contributed by atoms with van der Waals surface area (Å²) < 4.78 is 28.4. The Hall–Kier alpha value is -4.47. The van der Waals surface area contributed by atoms with E-state index in [9.17, 15) is 14.0 Å². The maximum absolute atomic E-state index is 14.8. The molecule has 4 aromatic rings. The van der Waals surface area contributed by atoms with E-state index < -0.39 is 11.7 Å². The first-order valence-electron chi connectivity index (χ1n) is 13.2. The Kier molecular flexibility index (Phi) is 7.42. The summed E-state index contributed by atoms with van der Waals surface area (Å²) in [6.07, 6.45) is 3.62. The van der Waals surface area contributed by atoms with Crippen molar-refractivity contribution >= 4 is 28.8 Å². The number of amides is 2. The van der Waals surface area contributed by atoms with Gasteiger partial charge in [-0.15, -0.1) is 0 Å². The summed E-state index contributed by atoms with van der Waals surface area (Å²) >= 11 is 0. The number of imidazole rings is 1. The third-order valence-corrected chi connectivity index (χ3v) is 6.38. The third-order valence-electron chi connectivity index (χ3n) is 6.38. The topological polar surface area (TPSA) is 121 Å². The van der Waals surface area contributed by atoms with Gasteiger partial charge in [-0.3, -0.25) is 14.9 Å². The van der Waals surface area contributed by atoms with E-state index in [4.69, 9.17) is 15.2 Å². The van der Waals surface area contributed by atoms with Crippen LogP contribution in [0.15, 0.2) is 54.7 Å². The highest BCUT2D eigenvalue weighted by molar-refractivity contribution is 5.95. The predicted molar refractivity (Wildman–Crippen MR) is 149 cm³/mol. The van der Waals surface area contributed by atoms with Gasteiger partial charge in [0.2, 0.25) is 17.7 Å². The second-order valence-corrected chi connectivity index (χ2v) is 11.3. The third kappa shape index (κ3) is 6.56. The Labute approximate surface area is 231 Å². The van der Waals surface area contributed by atoms with E-state index in [0.29, 0.717) is 24.0 Å². The number of benzene rings is 2. The Bertz CT molecular complexity index is 1570.